The number of methoxy groups -OCH3 is 1. The van der Waals surface area contributed by atoms with Crippen LogP contribution < -0.4 is 10.6 Å². The third-order valence-corrected chi connectivity index (χ3v) is 3.24. The van der Waals surface area contributed by atoms with Crippen molar-refractivity contribution >= 4 is 29.1 Å². The molecule has 0 bridgehead atoms. The lowest BCUT2D eigenvalue weighted by Gasteiger charge is -2.09. The minimum atomic E-state index is -0.382. The Labute approximate surface area is 139 Å². The molecular weight excluding hydrogens is 304 g/mol. The molecule has 6 heteroatoms. The number of hydrogen-bond acceptors (Lipinski definition) is 6. The molecule has 3 aromatic rings. The van der Waals surface area contributed by atoms with E-state index in [0.717, 1.165) is 11.4 Å². The van der Waals surface area contributed by atoms with Gasteiger partial charge in [-0.05, 0) is 36.4 Å². The van der Waals surface area contributed by atoms with Crippen LogP contribution in [0, 0.1) is 0 Å². The van der Waals surface area contributed by atoms with E-state index in [0.29, 0.717) is 17.3 Å². The molecule has 2 aromatic carbocycles. The van der Waals surface area contributed by atoms with Crippen molar-refractivity contribution in [2.75, 3.05) is 17.7 Å². The van der Waals surface area contributed by atoms with Gasteiger partial charge in [-0.1, -0.05) is 24.3 Å². The number of benzene rings is 2. The number of esters is 1. The van der Waals surface area contributed by atoms with E-state index in [2.05, 4.69) is 20.6 Å². The Hall–Kier alpha value is -3.41. The van der Waals surface area contributed by atoms with Crippen LogP contribution in [0.1, 0.15) is 10.4 Å². The Bertz CT molecular complexity index is 837. The predicted molar refractivity (Wildman–Crippen MR) is 92.8 cm³/mol. The molecule has 0 radical (unpaired) electrons. The molecule has 1 heterocycles. The average molecular weight is 320 g/mol. The average Bonchev–Trinajstić information content (AvgIpc) is 2.62. The molecule has 0 spiro atoms. The highest BCUT2D eigenvalue weighted by Gasteiger charge is 2.06. The van der Waals surface area contributed by atoms with Crippen LogP contribution in [-0.2, 0) is 4.74 Å². The van der Waals surface area contributed by atoms with Gasteiger partial charge in [0.1, 0.15) is 5.82 Å². The second-order valence-corrected chi connectivity index (χ2v) is 4.95. The second-order valence-electron chi connectivity index (χ2n) is 4.95. The molecule has 3 rings (SSSR count). The van der Waals surface area contributed by atoms with Crippen molar-refractivity contribution in [3.8, 4) is 0 Å². The summed E-state index contributed by atoms with van der Waals surface area (Å²) >= 11 is 0. The largest absolute Gasteiger partial charge is 0.465 e. The third kappa shape index (κ3) is 3.86. The van der Waals surface area contributed by atoms with Crippen molar-refractivity contribution in [1.82, 2.24) is 9.97 Å². The Morgan fingerprint density at radius 1 is 0.958 bits per heavy atom. The molecule has 0 unspecified atom stereocenters. The number of rotatable bonds is 5. The van der Waals surface area contributed by atoms with Crippen LogP contribution in [0.3, 0.4) is 0 Å². The van der Waals surface area contributed by atoms with Crippen molar-refractivity contribution in [2.24, 2.45) is 0 Å². The van der Waals surface area contributed by atoms with Gasteiger partial charge in [-0.15, -0.1) is 0 Å². The topological polar surface area (TPSA) is 76.1 Å². The van der Waals surface area contributed by atoms with E-state index in [-0.39, 0.29) is 5.97 Å². The number of aromatic nitrogens is 2. The first-order chi connectivity index (χ1) is 11.7. The fraction of sp³-hybridized carbons (Fsp3) is 0.0556. The molecule has 0 saturated heterocycles. The number of ether oxygens (including phenoxy) is 1. The van der Waals surface area contributed by atoms with Crippen molar-refractivity contribution in [2.45, 2.75) is 0 Å². The van der Waals surface area contributed by atoms with E-state index in [1.807, 2.05) is 36.4 Å². The van der Waals surface area contributed by atoms with Gasteiger partial charge in [0.2, 0.25) is 5.95 Å². The van der Waals surface area contributed by atoms with Crippen molar-refractivity contribution in [3.05, 3.63) is 72.4 Å². The van der Waals surface area contributed by atoms with E-state index in [4.69, 9.17) is 4.74 Å². The zero-order valence-corrected chi connectivity index (χ0v) is 13.1. The Morgan fingerprint density at radius 2 is 1.75 bits per heavy atom. The number of anilines is 4. The van der Waals surface area contributed by atoms with Crippen LogP contribution in [0.4, 0.5) is 23.1 Å². The number of nitrogens with zero attached hydrogens (tertiary/aromatic N) is 2. The van der Waals surface area contributed by atoms with Gasteiger partial charge in [-0.3, -0.25) is 0 Å². The molecule has 120 valence electrons. The highest BCUT2D eigenvalue weighted by Crippen LogP contribution is 2.18. The molecule has 1 aromatic heterocycles. The molecule has 0 aliphatic heterocycles. The fourth-order valence-electron chi connectivity index (χ4n) is 2.13. The smallest absolute Gasteiger partial charge is 0.337 e. The number of hydrogen-bond donors (Lipinski definition) is 2. The Kier molecular flexibility index (Phi) is 4.67. The van der Waals surface area contributed by atoms with Crippen molar-refractivity contribution in [3.63, 3.8) is 0 Å². The Balaban J connectivity index is 1.76. The van der Waals surface area contributed by atoms with Gasteiger partial charge in [0.05, 0.1) is 12.7 Å². The first-order valence-electron chi connectivity index (χ1n) is 7.35. The van der Waals surface area contributed by atoms with Gasteiger partial charge >= 0.3 is 5.97 Å². The highest BCUT2D eigenvalue weighted by molar-refractivity contribution is 5.90. The number of para-hydroxylation sites is 1. The lowest BCUT2D eigenvalue weighted by molar-refractivity contribution is 0.0601. The van der Waals surface area contributed by atoms with E-state index < -0.39 is 0 Å². The van der Waals surface area contributed by atoms with Crippen LogP contribution in [-0.4, -0.2) is 23.0 Å². The minimum Gasteiger partial charge on any atom is -0.465 e. The van der Waals surface area contributed by atoms with Gasteiger partial charge < -0.3 is 15.4 Å². The summed E-state index contributed by atoms with van der Waals surface area (Å²) in [5.74, 6) is 0.716. The molecule has 0 amide bonds. The minimum absolute atomic E-state index is 0.382. The van der Waals surface area contributed by atoms with Crippen LogP contribution in [0.15, 0.2) is 66.9 Å². The quantitative estimate of drug-likeness (QED) is 0.697. The normalized spacial score (nSPS) is 10.0. The fourth-order valence-corrected chi connectivity index (χ4v) is 2.13. The molecule has 6 nitrogen and oxygen atoms in total. The lowest BCUT2D eigenvalue weighted by Crippen LogP contribution is -2.03. The summed E-state index contributed by atoms with van der Waals surface area (Å²) in [6, 6.07) is 18.5. The first-order valence-corrected chi connectivity index (χ1v) is 7.35. The third-order valence-electron chi connectivity index (χ3n) is 3.24. The monoisotopic (exact) mass is 320 g/mol. The maximum Gasteiger partial charge on any atom is 0.337 e. The molecule has 24 heavy (non-hydrogen) atoms. The summed E-state index contributed by atoms with van der Waals surface area (Å²) in [7, 11) is 1.36. The maximum absolute atomic E-state index is 11.6. The summed E-state index contributed by atoms with van der Waals surface area (Å²) in [6.07, 6.45) is 1.66. The number of nitrogens with one attached hydrogen (secondary N) is 2. The van der Waals surface area contributed by atoms with Gasteiger partial charge in [0, 0.05) is 17.6 Å². The summed E-state index contributed by atoms with van der Waals surface area (Å²) in [4.78, 5) is 20.2. The Morgan fingerprint density at radius 3 is 2.54 bits per heavy atom. The van der Waals surface area contributed by atoms with E-state index in [9.17, 15) is 4.79 Å². The summed E-state index contributed by atoms with van der Waals surface area (Å²) in [6.45, 7) is 0. The molecule has 0 atom stereocenters. The first kappa shape index (κ1) is 15.5. The van der Waals surface area contributed by atoms with E-state index >= 15 is 0 Å². The molecule has 0 saturated carbocycles. The standard InChI is InChI=1S/C18H16N4O2/c1-24-17(23)13-6-5-9-15(12-13)20-16-10-11-19-18(22-16)21-14-7-3-2-4-8-14/h2-12H,1H3,(H2,19,20,21,22). The SMILES string of the molecule is COC(=O)c1cccc(Nc2ccnc(Nc3ccccc3)n2)c1. The van der Waals surface area contributed by atoms with E-state index in [1.165, 1.54) is 7.11 Å². The van der Waals surface area contributed by atoms with Crippen LogP contribution >= 0.6 is 0 Å². The van der Waals surface area contributed by atoms with Crippen LogP contribution in [0.2, 0.25) is 0 Å². The van der Waals surface area contributed by atoms with Crippen molar-refractivity contribution in [1.29, 1.82) is 0 Å². The van der Waals surface area contributed by atoms with Gasteiger partial charge in [-0.2, -0.15) is 4.98 Å². The van der Waals surface area contributed by atoms with Gasteiger partial charge in [-0.25, -0.2) is 9.78 Å². The zero-order chi connectivity index (χ0) is 16.8. The molecule has 0 aliphatic carbocycles. The zero-order valence-electron chi connectivity index (χ0n) is 13.1. The lowest BCUT2D eigenvalue weighted by atomic mass is 10.2. The summed E-state index contributed by atoms with van der Waals surface area (Å²) in [5, 5.41) is 6.28. The maximum atomic E-state index is 11.6. The molecule has 2 N–H and O–H groups in total. The predicted octanol–water partition coefficient (Wildman–Crippen LogP) is 3.75. The number of carbonyl (C=O) groups is 1. The molecule has 0 fully saturated rings. The van der Waals surface area contributed by atoms with Gasteiger partial charge in [0.15, 0.2) is 0 Å². The summed E-state index contributed by atoms with van der Waals surface area (Å²) < 4.78 is 4.72. The molecular formula is C18H16N4O2. The molecule has 0 aliphatic rings. The van der Waals surface area contributed by atoms with Gasteiger partial charge in [0.25, 0.3) is 0 Å². The van der Waals surface area contributed by atoms with Crippen LogP contribution in [0.5, 0.6) is 0 Å². The summed E-state index contributed by atoms with van der Waals surface area (Å²) in [5.41, 5.74) is 2.11. The van der Waals surface area contributed by atoms with Crippen molar-refractivity contribution < 1.29 is 9.53 Å². The number of carbonyl (C=O) groups excluding carboxylic acids is 1. The van der Waals surface area contributed by atoms with Crippen LogP contribution in [0.25, 0.3) is 0 Å². The highest BCUT2D eigenvalue weighted by atomic mass is 16.5. The van der Waals surface area contributed by atoms with E-state index in [1.54, 1.807) is 30.5 Å². The second kappa shape index (κ2) is 7.23.